The van der Waals surface area contributed by atoms with Crippen molar-refractivity contribution in [3.05, 3.63) is 0 Å². The lowest BCUT2D eigenvalue weighted by molar-refractivity contribution is -0.146. The number of carbonyl (C=O) groups excluding carboxylic acids is 3. The molecule has 1 saturated heterocycles. The largest absolute Gasteiger partial charge is 0.444 e. The Bertz CT molecular complexity index is 686. The number of nitrogens with one attached hydrogen (secondary N) is 2. The van der Waals surface area contributed by atoms with Crippen molar-refractivity contribution >= 4 is 17.9 Å². The molecule has 3 amide bonds. The van der Waals surface area contributed by atoms with Crippen molar-refractivity contribution in [3.63, 3.8) is 0 Å². The van der Waals surface area contributed by atoms with E-state index in [2.05, 4.69) is 10.6 Å². The Hall–Kier alpha value is -1.79. The van der Waals surface area contributed by atoms with E-state index in [0.29, 0.717) is 38.5 Å². The second-order valence-electron chi connectivity index (χ2n) is 11.9. The SMILES string of the molecule is CC(C)(C)OC(=O)NCC1CCN(C(=O)CCNC(=O)C23CC4CC(CC(C4)C2)C3)CC1. The predicted molar refractivity (Wildman–Crippen MR) is 122 cm³/mol. The molecule has 4 saturated carbocycles. The standard InChI is InChI=1S/C25H41N3O4/c1-24(2,3)32-23(31)27-16-17-5-8-28(9-6-17)21(29)4-7-26-22(30)25-13-18-10-19(14-25)12-20(11-18)15-25/h17-20H,4-16H2,1-3H3,(H,26,30)(H,27,31). The quantitative estimate of drug-likeness (QED) is 0.653. The van der Waals surface area contributed by atoms with E-state index in [1.807, 2.05) is 25.7 Å². The highest BCUT2D eigenvalue weighted by atomic mass is 16.6. The summed E-state index contributed by atoms with van der Waals surface area (Å²) in [6.45, 7) is 8.00. The van der Waals surface area contributed by atoms with Gasteiger partial charge in [-0.1, -0.05) is 0 Å². The molecule has 0 aromatic rings. The van der Waals surface area contributed by atoms with Gasteiger partial charge < -0.3 is 20.3 Å². The van der Waals surface area contributed by atoms with E-state index in [4.69, 9.17) is 4.74 Å². The molecule has 2 N–H and O–H groups in total. The molecule has 32 heavy (non-hydrogen) atoms. The van der Waals surface area contributed by atoms with Crippen LogP contribution in [0, 0.1) is 29.1 Å². The number of carbonyl (C=O) groups is 3. The average molecular weight is 448 g/mol. The summed E-state index contributed by atoms with van der Waals surface area (Å²) >= 11 is 0. The predicted octanol–water partition coefficient (Wildman–Crippen LogP) is 3.47. The lowest BCUT2D eigenvalue weighted by atomic mass is 9.49. The molecule has 0 spiro atoms. The fourth-order valence-electron chi connectivity index (χ4n) is 6.95. The van der Waals surface area contributed by atoms with Gasteiger partial charge in [0.2, 0.25) is 11.8 Å². The highest BCUT2D eigenvalue weighted by Crippen LogP contribution is 2.60. The number of hydrogen-bond donors (Lipinski definition) is 2. The lowest BCUT2D eigenvalue weighted by Gasteiger charge is -2.55. The van der Waals surface area contributed by atoms with Crippen LogP contribution in [0.15, 0.2) is 0 Å². The Morgan fingerprint density at radius 3 is 2.03 bits per heavy atom. The first-order valence-electron chi connectivity index (χ1n) is 12.6. The van der Waals surface area contributed by atoms with E-state index in [1.54, 1.807) is 0 Å². The Kier molecular flexibility index (Phi) is 6.73. The number of piperidine rings is 1. The van der Waals surface area contributed by atoms with Crippen LogP contribution in [-0.2, 0) is 14.3 Å². The van der Waals surface area contributed by atoms with Crippen LogP contribution in [-0.4, -0.2) is 54.6 Å². The van der Waals surface area contributed by atoms with Crippen LogP contribution in [0.5, 0.6) is 0 Å². The molecule has 0 aromatic carbocycles. The van der Waals surface area contributed by atoms with Crippen molar-refractivity contribution in [1.29, 1.82) is 0 Å². The van der Waals surface area contributed by atoms with Gasteiger partial charge in [-0.2, -0.15) is 0 Å². The summed E-state index contributed by atoms with van der Waals surface area (Å²) < 4.78 is 5.28. The van der Waals surface area contributed by atoms with Gasteiger partial charge in [-0.25, -0.2) is 4.79 Å². The summed E-state index contributed by atoms with van der Waals surface area (Å²) in [4.78, 5) is 39.4. The first-order chi connectivity index (χ1) is 15.1. The smallest absolute Gasteiger partial charge is 0.407 e. The van der Waals surface area contributed by atoms with Crippen LogP contribution in [0.25, 0.3) is 0 Å². The third kappa shape index (κ3) is 5.57. The average Bonchev–Trinajstić information content (AvgIpc) is 2.70. The van der Waals surface area contributed by atoms with Gasteiger partial charge in [0, 0.05) is 38.0 Å². The molecular weight excluding hydrogens is 406 g/mol. The molecule has 1 aliphatic heterocycles. The third-order valence-electron chi connectivity index (χ3n) is 8.05. The maximum atomic E-state index is 13.0. The monoisotopic (exact) mass is 447 g/mol. The van der Waals surface area contributed by atoms with Crippen LogP contribution in [0.3, 0.4) is 0 Å². The fraction of sp³-hybridized carbons (Fsp3) is 0.880. The van der Waals surface area contributed by atoms with Crippen LogP contribution in [0.1, 0.15) is 78.6 Å². The molecule has 180 valence electrons. The number of amides is 3. The second kappa shape index (κ2) is 9.22. The molecule has 1 heterocycles. The topological polar surface area (TPSA) is 87.7 Å². The highest BCUT2D eigenvalue weighted by molar-refractivity contribution is 5.84. The number of rotatable bonds is 6. The minimum absolute atomic E-state index is 0.120. The zero-order valence-corrected chi connectivity index (χ0v) is 20.1. The van der Waals surface area contributed by atoms with E-state index in [-0.39, 0.29) is 23.3 Å². The van der Waals surface area contributed by atoms with Gasteiger partial charge in [-0.15, -0.1) is 0 Å². The van der Waals surface area contributed by atoms with Crippen LogP contribution in [0.4, 0.5) is 4.79 Å². The number of alkyl carbamates (subject to hydrolysis) is 1. The van der Waals surface area contributed by atoms with Crippen molar-refractivity contribution in [2.45, 2.75) is 84.2 Å². The normalized spacial score (nSPS) is 32.0. The van der Waals surface area contributed by atoms with Crippen LogP contribution in [0.2, 0.25) is 0 Å². The third-order valence-corrected chi connectivity index (χ3v) is 8.05. The summed E-state index contributed by atoms with van der Waals surface area (Å²) in [5.41, 5.74) is -0.637. The molecule has 0 aromatic heterocycles. The lowest BCUT2D eigenvalue weighted by Crippen LogP contribution is -2.54. The maximum Gasteiger partial charge on any atom is 0.407 e. The zero-order chi connectivity index (χ0) is 22.9. The van der Waals surface area contributed by atoms with Gasteiger partial charge in [0.15, 0.2) is 0 Å². The number of likely N-dealkylation sites (tertiary alicyclic amines) is 1. The molecule has 4 aliphatic carbocycles. The van der Waals surface area contributed by atoms with Crippen LogP contribution >= 0.6 is 0 Å². The van der Waals surface area contributed by atoms with Crippen molar-refractivity contribution in [2.24, 2.45) is 29.1 Å². The van der Waals surface area contributed by atoms with Crippen molar-refractivity contribution < 1.29 is 19.1 Å². The summed E-state index contributed by atoms with van der Waals surface area (Å²) in [6, 6.07) is 0. The summed E-state index contributed by atoms with van der Waals surface area (Å²) in [5.74, 6) is 2.94. The minimum Gasteiger partial charge on any atom is -0.444 e. The molecule has 5 aliphatic rings. The first-order valence-corrected chi connectivity index (χ1v) is 12.6. The molecular formula is C25H41N3O4. The summed E-state index contributed by atoms with van der Waals surface area (Å²) in [5, 5.41) is 5.96. The second-order valence-corrected chi connectivity index (χ2v) is 11.9. The molecule has 7 heteroatoms. The molecule has 5 rings (SSSR count). The Labute approximate surface area is 192 Å². The molecule has 4 bridgehead atoms. The van der Waals surface area contributed by atoms with Crippen LogP contribution < -0.4 is 10.6 Å². The first kappa shape index (κ1) is 23.4. The molecule has 0 radical (unpaired) electrons. The Balaban J connectivity index is 1.13. The summed E-state index contributed by atoms with van der Waals surface area (Å²) in [6.07, 6.45) is 8.90. The van der Waals surface area contributed by atoms with Gasteiger partial charge in [-0.3, -0.25) is 9.59 Å². The van der Waals surface area contributed by atoms with Gasteiger partial charge in [0.1, 0.15) is 5.60 Å². The Morgan fingerprint density at radius 1 is 0.938 bits per heavy atom. The van der Waals surface area contributed by atoms with Crippen molar-refractivity contribution in [2.75, 3.05) is 26.2 Å². The van der Waals surface area contributed by atoms with E-state index >= 15 is 0 Å². The Morgan fingerprint density at radius 2 is 1.50 bits per heavy atom. The molecule has 0 atom stereocenters. The van der Waals surface area contributed by atoms with Gasteiger partial charge in [0.05, 0.1) is 0 Å². The molecule has 0 unspecified atom stereocenters. The molecule has 7 nitrogen and oxygen atoms in total. The zero-order valence-electron chi connectivity index (χ0n) is 20.1. The van der Waals surface area contributed by atoms with Gasteiger partial charge in [0.25, 0.3) is 0 Å². The number of hydrogen-bond acceptors (Lipinski definition) is 4. The van der Waals surface area contributed by atoms with E-state index in [0.717, 1.165) is 49.9 Å². The summed E-state index contributed by atoms with van der Waals surface area (Å²) in [7, 11) is 0. The van der Waals surface area contributed by atoms with Gasteiger partial charge >= 0.3 is 6.09 Å². The van der Waals surface area contributed by atoms with E-state index < -0.39 is 5.60 Å². The minimum atomic E-state index is -0.495. The highest BCUT2D eigenvalue weighted by Gasteiger charge is 2.54. The van der Waals surface area contributed by atoms with Crippen molar-refractivity contribution in [1.82, 2.24) is 15.5 Å². The van der Waals surface area contributed by atoms with Gasteiger partial charge in [-0.05, 0) is 95.8 Å². The fourth-order valence-corrected chi connectivity index (χ4v) is 6.95. The molecule has 5 fully saturated rings. The maximum absolute atomic E-state index is 13.0. The number of ether oxygens (including phenoxy) is 1. The van der Waals surface area contributed by atoms with Crippen molar-refractivity contribution in [3.8, 4) is 0 Å². The van der Waals surface area contributed by atoms with E-state index in [1.165, 1.54) is 19.3 Å². The number of nitrogens with zero attached hydrogens (tertiary/aromatic N) is 1. The van der Waals surface area contributed by atoms with E-state index in [9.17, 15) is 14.4 Å².